The van der Waals surface area contributed by atoms with E-state index in [1.54, 1.807) is 6.07 Å². The summed E-state index contributed by atoms with van der Waals surface area (Å²) in [4.78, 5) is 14.0. The second-order valence-electron chi connectivity index (χ2n) is 3.90. The zero-order valence-corrected chi connectivity index (χ0v) is 8.85. The van der Waals surface area contributed by atoms with E-state index in [0.29, 0.717) is 11.7 Å². The van der Waals surface area contributed by atoms with E-state index in [2.05, 4.69) is 15.6 Å². The van der Waals surface area contributed by atoms with Crippen LogP contribution in [0.5, 0.6) is 0 Å². The van der Waals surface area contributed by atoms with Crippen LogP contribution in [0.2, 0.25) is 0 Å². The van der Waals surface area contributed by atoms with E-state index in [4.69, 9.17) is 0 Å². The Morgan fingerprint density at radius 3 is 3.06 bits per heavy atom. The van der Waals surface area contributed by atoms with Crippen LogP contribution >= 0.6 is 0 Å². The van der Waals surface area contributed by atoms with E-state index in [-0.39, 0.29) is 5.69 Å². The molecule has 2 heterocycles. The van der Waals surface area contributed by atoms with Crippen LogP contribution in [0.3, 0.4) is 0 Å². The lowest BCUT2D eigenvalue weighted by atomic mass is 10.1. The highest BCUT2D eigenvalue weighted by molar-refractivity contribution is 5.40. The molecule has 86 valence electrons. The van der Waals surface area contributed by atoms with Crippen molar-refractivity contribution in [3.63, 3.8) is 0 Å². The molecule has 0 bridgehead atoms. The predicted octanol–water partition coefficient (Wildman–Crippen LogP) is 1.01. The lowest BCUT2D eigenvalue weighted by Crippen LogP contribution is -2.17. The highest BCUT2D eigenvalue weighted by Crippen LogP contribution is 2.13. The minimum absolute atomic E-state index is 0.0214. The second-order valence-corrected chi connectivity index (χ2v) is 3.90. The van der Waals surface area contributed by atoms with Crippen molar-refractivity contribution >= 4 is 11.5 Å². The number of nitro groups is 1. The maximum atomic E-state index is 10.4. The summed E-state index contributed by atoms with van der Waals surface area (Å²) in [6, 6.07) is 3.10. The molecule has 1 saturated heterocycles. The topological polar surface area (TPSA) is 80.1 Å². The van der Waals surface area contributed by atoms with E-state index in [1.807, 2.05) is 0 Å². The summed E-state index contributed by atoms with van der Waals surface area (Å²) in [5.74, 6) is 1.31. The summed E-state index contributed by atoms with van der Waals surface area (Å²) < 4.78 is 0. The number of hydrogen-bond acceptors (Lipinski definition) is 5. The quantitative estimate of drug-likeness (QED) is 0.587. The van der Waals surface area contributed by atoms with Gasteiger partial charge in [0.15, 0.2) is 0 Å². The van der Waals surface area contributed by atoms with E-state index < -0.39 is 4.92 Å². The fourth-order valence-corrected chi connectivity index (χ4v) is 1.74. The summed E-state index contributed by atoms with van der Waals surface area (Å²) in [5, 5.41) is 16.9. The van der Waals surface area contributed by atoms with Crippen molar-refractivity contribution < 1.29 is 4.92 Å². The van der Waals surface area contributed by atoms with Gasteiger partial charge in [0.1, 0.15) is 12.0 Å². The molecular formula is C10H14N4O2. The van der Waals surface area contributed by atoms with Gasteiger partial charge in [-0.05, 0) is 31.5 Å². The molecule has 1 aromatic rings. The van der Waals surface area contributed by atoms with Crippen molar-refractivity contribution in [2.75, 3.05) is 25.0 Å². The summed E-state index contributed by atoms with van der Waals surface area (Å²) in [7, 11) is 0. The number of anilines is 1. The van der Waals surface area contributed by atoms with Crippen LogP contribution in [0.1, 0.15) is 6.42 Å². The first kappa shape index (κ1) is 10.8. The number of aromatic nitrogens is 1. The Kier molecular flexibility index (Phi) is 3.31. The van der Waals surface area contributed by atoms with Crippen LogP contribution in [0.4, 0.5) is 11.5 Å². The SMILES string of the molecule is O=[N+]([O-])c1ccc(NC[C@H]2CCNC2)nc1. The third-order valence-corrected chi connectivity index (χ3v) is 2.69. The molecule has 0 aliphatic carbocycles. The van der Waals surface area contributed by atoms with Crippen LogP contribution in [0.25, 0.3) is 0 Å². The highest BCUT2D eigenvalue weighted by atomic mass is 16.6. The molecule has 1 atom stereocenters. The molecule has 16 heavy (non-hydrogen) atoms. The molecule has 0 amide bonds. The Hall–Kier alpha value is -1.69. The van der Waals surface area contributed by atoms with Crippen molar-refractivity contribution in [3.8, 4) is 0 Å². The standard InChI is InChI=1S/C10H14N4O2/c15-14(16)9-1-2-10(13-7-9)12-6-8-3-4-11-5-8/h1-2,7-8,11H,3-6H2,(H,12,13)/t8-/m0/s1. The number of rotatable bonds is 4. The lowest BCUT2D eigenvalue weighted by molar-refractivity contribution is -0.385. The molecule has 0 aromatic carbocycles. The minimum Gasteiger partial charge on any atom is -0.370 e. The zero-order chi connectivity index (χ0) is 11.4. The van der Waals surface area contributed by atoms with E-state index in [9.17, 15) is 10.1 Å². The van der Waals surface area contributed by atoms with Crippen molar-refractivity contribution in [2.45, 2.75) is 6.42 Å². The Bertz CT molecular complexity index is 360. The van der Waals surface area contributed by atoms with Gasteiger partial charge in [-0.25, -0.2) is 4.98 Å². The van der Waals surface area contributed by atoms with Crippen LogP contribution in [0, 0.1) is 16.0 Å². The van der Waals surface area contributed by atoms with Gasteiger partial charge in [-0.3, -0.25) is 10.1 Å². The van der Waals surface area contributed by atoms with Crippen LogP contribution < -0.4 is 10.6 Å². The first-order chi connectivity index (χ1) is 7.75. The normalized spacial score (nSPS) is 19.6. The Balaban J connectivity index is 1.87. The van der Waals surface area contributed by atoms with Gasteiger partial charge >= 0.3 is 0 Å². The van der Waals surface area contributed by atoms with Crippen molar-refractivity contribution in [1.82, 2.24) is 10.3 Å². The molecule has 1 fully saturated rings. The van der Waals surface area contributed by atoms with E-state index in [1.165, 1.54) is 18.7 Å². The van der Waals surface area contributed by atoms with Crippen molar-refractivity contribution in [1.29, 1.82) is 0 Å². The second kappa shape index (κ2) is 4.89. The minimum atomic E-state index is -0.447. The van der Waals surface area contributed by atoms with Crippen LogP contribution in [0.15, 0.2) is 18.3 Å². The van der Waals surface area contributed by atoms with Gasteiger partial charge in [-0.15, -0.1) is 0 Å². The molecule has 0 saturated carbocycles. The third-order valence-electron chi connectivity index (χ3n) is 2.69. The van der Waals surface area contributed by atoms with E-state index >= 15 is 0 Å². The first-order valence-electron chi connectivity index (χ1n) is 5.31. The number of nitrogens with zero attached hydrogens (tertiary/aromatic N) is 2. The van der Waals surface area contributed by atoms with Crippen molar-refractivity contribution in [3.05, 3.63) is 28.4 Å². The predicted molar refractivity (Wildman–Crippen MR) is 60.4 cm³/mol. The molecule has 6 heteroatoms. The average Bonchev–Trinajstić information content (AvgIpc) is 2.80. The van der Waals surface area contributed by atoms with Gasteiger partial charge in [-0.1, -0.05) is 0 Å². The molecule has 0 unspecified atom stereocenters. The Labute approximate surface area is 93.2 Å². The molecule has 1 aliphatic heterocycles. The highest BCUT2D eigenvalue weighted by Gasteiger charge is 2.14. The third kappa shape index (κ3) is 2.66. The first-order valence-corrected chi connectivity index (χ1v) is 5.31. The maximum Gasteiger partial charge on any atom is 0.287 e. The summed E-state index contributed by atoms with van der Waals surface area (Å²) in [6.07, 6.45) is 2.44. The molecule has 1 aliphatic rings. The molecule has 0 spiro atoms. The van der Waals surface area contributed by atoms with Crippen LogP contribution in [-0.2, 0) is 0 Å². The zero-order valence-electron chi connectivity index (χ0n) is 8.85. The Morgan fingerprint density at radius 2 is 2.50 bits per heavy atom. The van der Waals surface area contributed by atoms with Gasteiger partial charge in [0.05, 0.1) is 4.92 Å². The summed E-state index contributed by atoms with van der Waals surface area (Å²) in [5.41, 5.74) is 0.0214. The lowest BCUT2D eigenvalue weighted by Gasteiger charge is -2.09. The van der Waals surface area contributed by atoms with Gasteiger partial charge in [-0.2, -0.15) is 0 Å². The molecule has 0 radical (unpaired) electrons. The summed E-state index contributed by atoms with van der Waals surface area (Å²) in [6.45, 7) is 2.96. The van der Waals surface area contributed by atoms with Crippen molar-refractivity contribution in [2.24, 2.45) is 5.92 Å². The van der Waals surface area contributed by atoms with E-state index in [0.717, 1.165) is 19.6 Å². The smallest absolute Gasteiger partial charge is 0.287 e. The van der Waals surface area contributed by atoms with Gasteiger partial charge in [0.2, 0.25) is 0 Å². The molecule has 1 aromatic heterocycles. The van der Waals surface area contributed by atoms with Gasteiger partial charge < -0.3 is 10.6 Å². The Morgan fingerprint density at radius 1 is 1.62 bits per heavy atom. The molecular weight excluding hydrogens is 208 g/mol. The molecule has 2 rings (SSSR count). The monoisotopic (exact) mass is 222 g/mol. The number of pyridine rings is 1. The van der Waals surface area contributed by atoms with Gasteiger partial charge in [0.25, 0.3) is 5.69 Å². The fourth-order valence-electron chi connectivity index (χ4n) is 1.74. The number of hydrogen-bond donors (Lipinski definition) is 2. The molecule has 2 N–H and O–H groups in total. The summed E-state index contributed by atoms with van der Waals surface area (Å²) >= 11 is 0. The largest absolute Gasteiger partial charge is 0.370 e. The average molecular weight is 222 g/mol. The van der Waals surface area contributed by atoms with Gasteiger partial charge in [0, 0.05) is 12.6 Å². The number of nitrogens with one attached hydrogen (secondary N) is 2. The molecule has 6 nitrogen and oxygen atoms in total. The van der Waals surface area contributed by atoms with Crippen LogP contribution in [-0.4, -0.2) is 29.5 Å². The fraction of sp³-hybridized carbons (Fsp3) is 0.500. The maximum absolute atomic E-state index is 10.4.